The number of ether oxygens (including phenoxy) is 1. The molecule has 0 aliphatic carbocycles. The Morgan fingerprint density at radius 3 is 2.44 bits per heavy atom. The minimum atomic E-state index is -0.323. The molecule has 1 aromatic rings. The van der Waals surface area contributed by atoms with Crippen LogP contribution >= 0.6 is 0 Å². The molecule has 2 heteroatoms. The predicted octanol–water partition coefficient (Wildman–Crippen LogP) is 3.40. The van der Waals surface area contributed by atoms with E-state index in [1.807, 2.05) is 6.07 Å². The van der Waals surface area contributed by atoms with Crippen molar-refractivity contribution in [3.8, 4) is 5.75 Å². The van der Waals surface area contributed by atoms with E-state index in [1.54, 1.807) is 7.11 Å². The van der Waals surface area contributed by atoms with E-state index in [0.717, 1.165) is 17.7 Å². The summed E-state index contributed by atoms with van der Waals surface area (Å²) in [5, 5.41) is 0. The molecule has 1 atom stereocenters. The van der Waals surface area contributed by atoms with Crippen LogP contribution in [0.2, 0.25) is 0 Å². The van der Waals surface area contributed by atoms with E-state index in [-0.39, 0.29) is 5.54 Å². The van der Waals surface area contributed by atoms with Crippen molar-refractivity contribution in [1.82, 2.24) is 0 Å². The van der Waals surface area contributed by atoms with Crippen LogP contribution in [0.3, 0.4) is 0 Å². The molecule has 0 saturated carbocycles. The summed E-state index contributed by atoms with van der Waals surface area (Å²) >= 11 is 0. The second kappa shape index (κ2) is 4.88. The Balaban J connectivity index is 3.27. The van der Waals surface area contributed by atoms with Crippen molar-refractivity contribution in [2.75, 3.05) is 7.11 Å². The van der Waals surface area contributed by atoms with E-state index in [1.165, 1.54) is 5.56 Å². The molecule has 0 heterocycles. The fraction of sp³-hybridized carbons (Fsp3) is 0.571. The molecule has 16 heavy (non-hydrogen) atoms. The van der Waals surface area contributed by atoms with E-state index >= 15 is 0 Å². The van der Waals surface area contributed by atoms with Gasteiger partial charge in [-0.05, 0) is 37.0 Å². The van der Waals surface area contributed by atoms with Crippen LogP contribution in [0.25, 0.3) is 0 Å². The van der Waals surface area contributed by atoms with E-state index in [9.17, 15) is 0 Å². The molecule has 2 nitrogen and oxygen atoms in total. The molecule has 2 N–H and O–H groups in total. The topological polar surface area (TPSA) is 35.2 Å². The minimum absolute atomic E-state index is 0.323. The molecule has 0 aromatic heterocycles. The van der Waals surface area contributed by atoms with Crippen molar-refractivity contribution in [2.24, 2.45) is 5.73 Å². The Bertz CT molecular complexity index is 356. The van der Waals surface area contributed by atoms with Crippen LogP contribution < -0.4 is 10.5 Å². The van der Waals surface area contributed by atoms with Crippen molar-refractivity contribution in [2.45, 2.75) is 45.6 Å². The lowest BCUT2D eigenvalue weighted by atomic mass is 9.87. The van der Waals surface area contributed by atoms with Gasteiger partial charge in [0.2, 0.25) is 0 Å². The molecule has 0 amide bonds. The third-order valence-corrected chi connectivity index (χ3v) is 3.24. The van der Waals surface area contributed by atoms with Gasteiger partial charge in [0.15, 0.2) is 0 Å². The van der Waals surface area contributed by atoms with Gasteiger partial charge in [-0.15, -0.1) is 0 Å². The minimum Gasteiger partial charge on any atom is -0.496 e. The lowest BCUT2D eigenvalue weighted by Gasteiger charge is -2.26. The first-order valence-corrected chi connectivity index (χ1v) is 5.89. The van der Waals surface area contributed by atoms with Gasteiger partial charge in [0.25, 0.3) is 0 Å². The standard InChI is InChI=1S/C14H23NO/c1-6-14(4,15)12-9-11(10(2)3)7-8-13(12)16-5/h7-10H,6,15H2,1-5H3. The summed E-state index contributed by atoms with van der Waals surface area (Å²) in [5.41, 5.74) is 8.39. The molecule has 0 spiro atoms. The number of methoxy groups -OCH3 is 1. The zero-order valence-electron chi connectivity index (χ0n) is 11.0. The van der Waals surface area contributed by atoms with E-state index < -0.39 is 0 Å². The number of rotatable bonds is 4. The highest BCUT2D eigenvalue weighted by molar-refractivity contribution is 5.42. The Kier molecular flexibility index (Phi) is 3.98. The highest BCUT2D eigenvalue weighted by Gasteiger charge is 2.23. The molecule has 1 rings (SSSR count). The zero-order chi connectivity index (χ0) is 12.3. The van der Waals surface area contributed by atoms with Crippen molar-refractivity contribution in [1.29, 1.82) is 0 Å². The predicted molar refractivity (Wildman–Crippen MR) is 68.9 cm³/mol. The summed E-state index contributed by atoms with van der Waals surface area (Å²) in [4.78, 5) is 0. The van der Waals surface area contributed by atoms with Crippen molar-refractivity contribution < 1.29 is 4.74 Å². The fourth-order valence-corrected chi connectivity index (χ4v) is 1.72. The van der Waals surface area contributed by atoms with Gasteiger partial charge in [-0.1, -0.05) is 26.8 Å². The van der Waals surface area contributed by atoms with Gasteiger partial charge in [0.1, 0.15) is 5.75 Å². The van der Waals surface area contributed by atoms with Gasteiger partial charge >= 0.3 is 0 Å². The third-order valence-electron chi connectivity index (χ3n) is 3.24. The highest BCUT2D eigenvalue weighted by Crippen LogP contribution is 2.32. The highest BCUT2D eigenvalue weighted by atomic mass is 16.5. The number of nitrogens with two attached hydrogens (primary N) is 1. The SMILES string of the molecule is CCC(C)(N)c1cc(C(C)C)ccc1OC. The lowest BCUT2D eigenvalue weighted by Crippen LogP contribution is -2.32. The first-order valence-electron chi connectivity index (χ1n) is 5.89. The van der Waals surface area contributed by atoms with Gasteiger partial charge in [-0.2, -0.15) is 0 Å². The summed E-state index contributed by atoms with van der Waals surface area (Å²) in [6.45, 7) is 8.52. The first-order chi connectivity index (χ1) is 7.42. The second-order valence-electron chi connectivity index (χ2n) is 4.89. The van der Waals surface area contributed by atoms with E-state index in [4.69, 9.17) is 10.5 Å². The maximum Gasteiger partial charge on any atom is 0.123 e. The number of hydrogen-bond donors (Lipinski definition) is 1. The average molecular weight is 221 g/mol. The van der Waals surface area contributed by atoms with Crippen molar-refractivity contribution in [3.05, 3.63) is 29.3 Å². The summed E-state index contributed by atoms with van der Waals surface area (Å²) in [7, 11) is 1.69. The normalized spacial score (nSPS) is 14.9. The largest absolute Gasteiger partial charge is 0.496 e. The van der Waals surface area contributed by atoms with Gasteiger partial charge in [-0.25, -0.2) is 0 Å². The van der Waals surface area contributed by atoms with Crippen LogP contribution in [0.15, 0.2) is 18.2 Å². The zero-order valence-corrected chi connectivity index (χ0v) is 11.0. The summed E-state index contributed by atoms with van der Waals surface area (Å²) in [6.07, 6.45) is 0.894. The van der Waals surface area contributed by atoms with Crippen LogP contribution in [0.1, 0.15) is 51.2 Å². The molecule has 0 radical (unpaired) electrons. The van der Waals surface area contributed by atoms with Crippen LogP contribution in [0, 0.1) is 0 Å². The monoisotopic (exact) mass is 221 g/mol. The number of hydrogen-bond acceptors (Lipinski definition) is 2. The molecule has 0 fully saturated rings. The molecular weight excluding hydrogens is 198 g/mol. The fourth-order valence-electron chi connectivity index (χ4n) is 1.72. The maximum atomic E-state index is 6.30. The Hall–Kier alpha value is -1.02. The van der Waals surface area contributed by atoms with Crippen LogP contribution in [-0.2, 0) is 5.54 Å². The molecule has 0 aliphatic heterocycles. The van der Waals surface area contributed by atoms with Gasteiger partial charge in [-0.3, -0.25) is 0 Å². The van der Waals surface area contributed by atoms with Gasteiger partial charge in [0, 0.05) is 11.1 Å². The third kappa shape index (κ3) is 2.56. The maximum absolute atomic E-state index is 6.30. The Morgan fingerprint density at radius 1 is 1.38 bits per heavy atom. The second-order valence-corrected chi connectivity index (χ2v) is 4.89. The molecule has 1 aromatic carbocycles. The summed E-state index contributed by atoms with van der Waals surface area (Å²) in [6, 6.07) is 6.30. The van der Waals surface area contributed by atoms with E-state index in [0.29, 0.717) is 5.92 Å². The lowest BCUT2D eigenvalue weighted by molar-refractivity contribution is 0.383. The molecule has 1 unspecified atom stereocenters. The van der Waals surface area contributed by atoms with Crippen LogP contribution in [0.5, 0.6) is 5.75 Å². The molecule has 0 saturated heterocycles. The molecule has 90 valence electrons. The van der Waals surface area contributed by atoms with Gasteiger partial charge in [0.05, 0.1) is 7.11 Å². The molecular formula is C14H23NO. The quantitative estimate of drug-likeness (QED) is 0.845. The van der Waals surface area contributed by atoms with Crippen molar-refractivity contribution in [3.63, 3.8) is 0 Å². The Labute approximate surface area is 98.8 Å². The smallest absolute Gasteiger partial charge is 0.123 e. The summed E-state index contributed by atoms with van der Waals surface area (Å²) in [5.74, 6) is 1.40. The van der Waals surface area contributed by atoms with E-state index in [2.05, 4.69) is 39.8 Å². The van der Waals surface area contributed by atoms with Crippen molar-refractivity contribution >= 4 is 0 Å². The van der Waals surface area contributed by atoms with Crippen LogP contribution in [0.4, 0.5) is 0 Å². The number of benzene rings is 1. The summed E-state index contributed by atoms with van der Waals surface area (Å²) < 4.78 is 5.39. The first kappa shape index (κ1) is 13.0. The van der Waals surface area contributed by atoms with Gasteiger partial charge < -0.3 is 10.5 Å². The Morgan fingerprint density at radius 2 is 2.00 bits per heavy atom. The average Bonchev–Trinajstić information content (AvgIpc) is 2.28. The molecule has 0 aliphatic rings. The molecule has 0 bridgehead atoms. The van der Waals surface area contributed by atoms with Crippen LogP contribution in [-0.4, -0.2) is 7.11 Å².